The van der Waals surface area contributed by atoms with E-state index in [4.69, 9.17) is 9.47 Å². The van der Waals surface area contributed by atoms with Crippen LogP contribution in [0.25, 0.3) is 0 Å². The van der Waals surface area contributed by atoms with Crippen LogP contribution in [0.4, 0.5) is 0 Å². The lowest BCUT2D eigenvalue weighted by Gasteiger charge is -2.16. The monoisotopic (exact) mass is 245 g/mol. The Balaban J connectivity index is 1.89. The van der Waals surface area contributed by atoms with Crippen molar-refractivity contribution in [2.45, 2.75) is 39.2 Å². The quantitative estimate of drug-likeness (QED) is 0.537. The van der Waals surface area contributed by atoms with Gasteiger partial charge in [0.25, 0.3) is 0 Å². The van der Waals surface area contributed by atoms with E-state index >= 15 is 0 Å². The maximum atomic E-state index is 9.67. The standard InChI is InChI=1S/C13H27NO3/c1-3-13(5-6-13)11-14-9-12(15)10-17-8-7-16-4-2/h12,14-15H,3-11H2,1-2H3. The lowest BCUT2D eigenvalue weighted by Crippen LogP contribution is -2.34. The number of aliphatic hydroxyl groups is 1. The van der Waals surface area contributed by atoms with Crippen molar-refractivity contribution in [1.29, 1.82) is 0 Å². The molecular formula is C13H27NO3. The van der Waals surface area contributed by atoms with Gasteiger partial charge in [-0.3, -0.25) is 0 Å². The Morgan fingerprint density at radius 1 is 1.24 bits per heavy atom. The van der Waals surface area contributed by atoms with Crippen LogP contribution in [0, 0.1) is 5.41 Å². The summed E-state index contributed by atoms with van der Waals surface area (Å²) in [5, 5.41) is 13.0. The summed E-state index contributed by atoms with van der Waals surface area (Å²) >= 11 is 0. The summed E-state index contributed by atoms with van der Waals surface area (Å²) in [6.07, 6.45) is 3.49. The van der Waals surface area contributed by atoms with Gasteiger partial charge < -0.3 is 19.9 Å². The highest BCUT2D eigenvalue weighted by Crippen LogP contribution is 2.47. The minimum Gasteiger partial charge on any atom is -0.389 e. The van der Waals surface area contributed by atoms with Crippen LogP contribution in [0.2, 0.25) is 0 Å². The summed E-state index contributed by atoms with van der Waals surface area (Å²) in [4.78, 5) is 0. The van der Waals surface area contributed by atoms with Crippen LogP contribution >= 0.6 is 0 Å². The molecule has 1 rings (SSSR count). The molecule has 0 amide bonds. The first-order valence-corrected chi connectivity index (χ1v) is 6.76. The molecule has 1 saturated carbocycles. The van der Waals surface area contributed by atoms with Crippen LogP contribution in [-0.4, -0.2) is 50.7 Å². The SMILES string of the molecule is CCOCCOCC(O)CNCC1(CC)CC1. The average Bonchev–Trinajstić information content (AvgIpc) is 3.09. The molecule has 1 fully saturated rings. The van der Waals surface area contributed by atoms with Gasteiger partial charge in [0.05, 0.1) is 25.9 Å². The van der Waals surface area contributed by atoms with Crippen LogP contribution in [0.5, 0.6) is 0 Å². The first-order chi connectivity index (χ1) is 8.22. The van der Waals surface area contributed by atoms with Gasteiger partial charge in [0.15, 0.2) is 0 Å². The molecule has 1 aliphatic rings. The second kappa shape index (κ2) is 8.03. The third kappa shape index (κ3) is 6.36. The van der Waals surface area contributed by atoms with Gasteiger partial charge in [0.2, 0.25) is 0 Å². The highest BCUT2D eigenvalue weighted by molar-refractivity contribution is 4.93. The van der Waals surface area contributed by atoms with Gasteiger partial charge >= 0.3 is 0 Å². The Morgan fingerprint density at radius 2 is 1.94 bits per heavy atom. The minimum absolute atomic E-state index is 0.388. The third-order valence-electron chi connectivity index (χ3n) is 3.47. The van der Waals surface area contributed by atoms with Gasteiger partial charge in [-0.1, -0.05) is 6.92 Å². The molecule has 102 valence electrons. The number of hydrogen-bond acceptors (Lipinski definition) is 4. The van der Waals surface area contributed by atoms with Crippen molar-refractivity contribution in [3.63, 3.8) is 0 Å². The van der Waals surface area contributed by atoms with E-state index in [1.807, 2.05) is 6.92 Å². The van der Waals surface area contributed by atoms with Crippen molar-refractivity contribution >= 4 is 0 Å². The Labute approximate surface area is 105 Å². The minimum atomic E-state index is -0.413. The molecule has 2 N–H and O–H groups in total. The molecule has 0 radical (unpaired) electrons. The zero-order chi connectivity index (χ0) is 12.6. The second-order valence-corrected chi connectivity index (χ2v) is 4.91. The zero-order valence-corrected chi connectivity index (χ0v) is 11.2. The predicted molar refractivity (Wildman–Crippen MR) is 68.1 cm³/mol. The summed E-state index contributed by atoms with van der Waals surface area (Å²) < 4.78 is 10.4. The molecule has 17 heavy (non-hydrogen) atoms. The molecule has 0 aromatic heterocycles. The number of rotatable bonds is 11. The Hall–Kier alpha value is -0.160. The van der Waals surface area contributed by atoms with E-state index < -0.39 is 6.10 Å². The maximum absolute atomic E-state index is 9.67. The summed E-state index contributed by atoms with van der Waals surface area (Å²) in [5.41, 5.74) is 0.537. The Kier molecular flexibility index (Phi) is 7.04. The van der Waals surface area contributed by atoms with Crippen LogP contribution < -0.4 is 5.32 Å². The van der Waals surface area contributed by atoms with Crippen molar-refractivity contribution in [2.75, 3.05) is 39.5 Å². The predicted octanol–water partition coefficient (Wildman–Crippen LogP) is 1.18. The van der Waals surface area contributed by atoms with Crippen LogP contribution in [0.3, 0.4) is 0 Å². The van der Waals surface area contributed by atoms with Gasteiger partial charge in [-0.2, -0.15) is 0 Å². The topological polar surface area (TPSA) is 50.7 Å². The molecule has 1 aliphatic carbocycles. The van der Waals surface area contributed by atoms with E-state index in [0.717, 1.165) is 6.54 Å². The molecular weight excluding hydrogens is 218 g/mol. The van der Waals surface area contributed by atoms with Crippen molar-refractivity contribution in [3.8, 4) is 0 Å². The molecule has 0 aromatic rings. The highest BCUT2D eigenvalue weighted by atomic mass is 16.5. The van der Waals surface area contributed by atoms with E-state index in [9.17, 15) is 5.11 Å². The molecule has 0 aromatic carbocycles. The second-order valence-electron chi connectivity index (χ2n) is 4.91. The Morgan fingerprint density at radius 3 is 2.53 bits per heavy atom. The summed E-state index contributed by atoms with van der Waals surface area (Å²) in [7, 11) is 0. The van der Waals surface area contributed by atoms with Crippen molar-refractivity contribution < 1.29 is 14.6 Å². The summed E-state index contributed by atoms with van der Waals surface area (Å²) in [5.74, 6) is 0. The molecule has 0 saturated heterocycles. The smallest absolute Gasteiger partial charge is 0.0897 e. The lowest BCUT2D eigenvalue weighted by molar-refractivity contribution is 0.00621. The van der Waals surface area contributed by atoms with Gasteiger partial charge in [-0.25, -0.2) is 0 Å². The van der Waals surface area contributed by atoms with Crippen molar-refractivity contribution in [3.05, 3.63) is 0 Å². The molecule has 0 bridgehead atoms. The largest absolute Gasteiger partial charge is 0.389 e. The average molecular weight is 245 g/mol. The normalized spacial score (nSPS) is 19.2. The number of nitrogens with one attached hydrogen (secondary N) is 1. The van der Waals surface area contributed by atoms with Gasteiger partial charge in [0, 0.05) is 19.7 Å². The van der Waals surface area contributed by atoms with E-state index in [1.165, 1.54) is 19.3 Å². The number of aliphatic hydroxyl groups excluding tert-OH is 1. The highest BCUT2D eigenvalue weighted by Gasteiger charge is 2.39. The van der Waals surface area contributed by atoms with Crippen molar-refractivity contribution in [1.82, 2.24) is 5.32 Å². The van der Waals surface area contributed by atoms with Gasteiger partial charge in [-0.05, 0) is 31.6 Å². The number of hydrogen-bond donors (Lipinski definition) is 2. The van der Waals surface area contributed by atoms with Crippen LogP contribution in [0.1, 0.15) is 33.1 Å². The zero-order valence-electron chi connectivity index (χ0n) is 11.2. The van der Waals surface area contributed by atoms with Gasteiger partial charge in [-0.15, -0.1) is 0 Å². The van der Waals surface area contributed by atoms with E-state index in [2.05, 4.69) is 12.2 Å². The number of ether oxygens (including phenoxy) is 2. The molecule has 0 heterocycles. The third-order valence-corrected chi connectivity index (χ3v) is 3.47. The molecule has 0 spiro atoms. The van der Waals surface area contributed by atoms with Crippen LogP contribution in [0.15, 0.2) is 0 Å². The van der Waals surface area contributed by atoms with Crippen LogP contribution in [-0.2, 0) is 9.47 Å². The molecule has 0 aliphatic heterocycles. The van der Waals surface area contributed by atoms with E-state index in [1.54, 1.807) is 0 Å². The molecule has 4 heteroatoms. The summed E-state index contributed by atoms with van der Waals surface area (Å²) in [6, 6.07) is 0. The molecule has 1 unspecified atom stereocenters. The fourth-order valence-corrected chi connectivity index (χ4v) is 1.88. The lowest BCUT2D eigenvalue weighted by atomic mass is 10.0. The summed E-state index contributed by atoms with van der Waals surface area (Å²) in [6.45, 7) is 8.11. The first kappa shape index (κ1) is 14.9. The first-order valence-electron chi connectivity index (χ1n) is 6.76. The van der Waals surface area contributed by atoms with Crippen molar-refractivity contribution in [2.24, 2.45) is 5.41 Å². The Bertz CT molecular complexity index is 195. The van der Waals surface area contributed by atoms with E-state index in [0.29, 0.717) is 38.4 Å². The maximum Gasteiger partial charge on any atom is 0.0897 e. The fraction of sp³-hybridized carbons (Fsp3) is 1.00. The fourth-order valence-electron chi connectivity index (χ4n) is 1.88. The van der Waals surface area contributed by atoms with E-state index in [-0.39, 0.29) is 0 Å². The molecule has 4 nitrogen and oxygen atoms in total. The molecule has 1 atom stereocenters. The van der Waals surface area contributed by atoms with Gasteiger partial charge in [0.1, 0.15) is 0 Å².